The monoisotopic (exact) mass is 296 g/mol. The van der Waals surface area contributed by atoms with E-state index in [0.29, 0.717) is 0 Å². The molecule has 0 aromatic carbocycles. The van der Waals surface area contributed by atoms with Gasteiger partial charge >= 0.3 is 0 Å². The van der Waals surface area contributed by atoms with Crippen LogP contribution in [-0.4, -0.2) is 62.3 Å². The molecule has 0 bridgehead atoms. The Bertz CT molecular complexity index is 276. The van der Waals surface area contributed by atoms with Gasteiger partial charge < -0.3 is 9.64 Å². The molecule has 2 heterocycles. The molecule has 0 saturated carbocycles. The van der Waals surface area contributed by atoms with Crippen LogP contribution in [0.25, 0.3) is 0 Å². The van der Waals surface area contributed by atoms with Crippen molar-refractivity contribution in [3.63, 3.8) is 0 Å². The van der Waals surface area contributed by atoms with E-state index in [4.69, 9.17) is 4.74 Å². The molecule has 2 fully saturated rings. The predicted octanol–water partition coefficient (Wildman–Crippen LogP) is 3.10. The van der Waals surface area contributed by atoms with E-state index in [0.717, 1.165) is 44.1 Å². The van der Waals surface area contributed by atoms with Gasteiger partial charge in [-0.2, -0.15) is 0 Å². The number of rotatable bonds is 8. The van der Waals surface area contributed by atoms with Gasteiger partial charge in [-0.3, -0.25) is 4.90 Å². The largest absolute Gasteiger partial charge is 0.379 e. The van der Waals surface area contributed by atoms with Crippen molar-refractivity contribution in [2.75, 3.05) is 52.5 Å². The Morgan fingerprint density at radius 2 is 1.67 bits per heavy atom. The summed E-state index contributed by atoms with van der Waals surface area (Å²) in [6.07, 6.45) is 5.59. The lowest BCUT2D eigenvalue weighted by atomic mass is 9.92. The first-order chi connectivity index (χ1) is 10.1. The lowest BCUT2D eigenvalue weighted by Gasteiger charge is -2.28. The average Bonchev–Trinajstić information content (AvgIpc) is 2.91. The van der Waals surface area contributed by atoms with Gasteiger partial charge in [0.15, 0.2) is 0 Å². The fourth-order valence-corrected chi connectivity index (χ4v) is 3.66. The van der Waals surface area contributed by atoms with Crippen LogP contribution in [0, 0.1) is 17.8 Å². The van der Waals surface area contributed by atoms with Crippen molar-refractivity contribution in [1.82, 2.24) is 9.80 Å². The zero-order valence-corrected chi connectivity index (χ0v) is 14.5. The summed E-state index contributed by atoms with van der Waals surface area (Å²) in [6, 6.07) is 0. The van der Waals surface area contributed by atoms with Gasteiger partial charge in [-0.1, -0.05) is 20.8 Å². The zero-order valence-electron chi connectivity index (χ0n) is 14.5. The third-order valence-electron chi connectivity index (χ3n) is 5.17. The first kappa shape index (κ1) is 17.2. The van der Waals surface area contributed by atoms with Gasteiger partial charge in [0, 0.05) is 19.6 Å². The third kappa shape index (κ3) is 6.66. The molecule has 2 saturated heterocycles. The smallest absolute Gasteiger partial charge is 0.0594 e. The summed E-state index contributed by atoms with van der Waals surface area (Å²) in [5.74, 6) is 2.68. The number of nitrogens with zero attached hydrogens (tertiary/aromatic N) is 2. The number of likely N-dealkylation sites (tertiary alicyclic amines) is 1. The molecule has 2 aliphatic rings. The van der Waals surface area contributed by atoms with Crippen LogP contribution in [-0.2, 0) is 4.74 Å². The maximum Gasteiger partial charge on any atom is 0.0594 e. The van der Waals surface area contributed by atoms with E-state index in [1.807, 2.05) is 0 Å². The van der Waals surface area contributed by atoms with E-state index in [2.05, 4.69) is 30.6 Å². The molecule has 124 valence electrons. The van der Waals surface area contributed by atoms with E-state index < -0.39 is 0 Å². The van der Waals surface area contributed by atoms with Crippen LogP contribution in [0.15, 0.2) is 0 Å². The molecule has 2 atom stereocenters. The summed E-state index contributed by atoms with van der Waals surface area (Å²) in [7, 11) is 0. The molecule has 3 nitrogen and oxygen atoms in total. The van der Waals surface area contributed by atoms with Gasteiger partial charge in [0.1, 0.15) is 0 Å². The second kappa shape index (κ2) is 9.12. The number of hydrogen-bond donors (Lipinski definition) is 0. The maximum absolute atomic E-state index is 5.42. The van der Waals surface area contributed by atoms with Crippen LogP contribution in [0.1, 0.15) is 46.5 Å². The fourth-order valence-electron chi connectivity index (χ4n) is 3.66. The van der Waals surface area contributed by atoms with Crippen LogP contribution in [0.5, 0.6) is 0 Å². The SMILES string of the molecule is CC(C)CCN1CCC(CC(C)CCN2CCOCC2)C1. The van der Waals surface area contributed by atoms with Crippen molar-refractivity contribution in [2.24, 2.45) is 17.8 Å². The lowest BCUT2D eigenvalue weighted by Crippen LogP contribution is -2.37. The van der Waals surface area contributed by atoms with Crippen molar-refractivity contribution in [2.45, 2.75) is 46.5 Å². The van der Waals surface area contributed by atoms with Crippen LogP contribution < -0.4 is 0 Å². The minimum Gasteiger partial charge on any atom is -0.379 e. The van der Waals surface area contributed by atoms with Gasteiger partial charge in [-0.15, -0.1) is 0 Å². The molecule has 0 aliphatic carbocycles. The highest BCUT2D eigenvalue weighted by molar-refractivity contribution is 4.77. The van der Waals surface area contributed by atoms with Gasteiger partial charge in [0.05, 0.1) is 13.2 Å². The van der Waals surface area contributed by atoms with Crippen LogP contribution in [0.4, 0.5) is 0 Å². The van der Waals surface area contributed by atoms with E-state index in [-0.39, 0.29) is 0 Å². The normalized spacial score (nSPS) is 26.6. The van der Waals surface area contributed by atoms with Crippen molar-refractivity contribution in [3.05, 3.63) is 0 Å². The summed E-state index contributed by atoms with van der Waals surface area (Å²) in [4.78, 5) is 5.27. The minimum absolute atomic E-state index is 0.844. The third-order valence-corrected chi connectivity index (χ3v) is 5.17. The van der Waals surface area contributed by atoms with Gasteiger partial charge in [0.25, 0.3) is 0 Å². The molecule has 2 aliphatic heterocycles. The van der Waals surface area contributed by atoms with Gasteiger partial charge in [-0.05, 0) is 63.1 Å². The van der Waals surface area contributed by atoms with Crippen molar-refractivity contribution in [3.8, 4) is 0 Å². The quantitative estimate of drug-likeness (QED) is 0.684. The molecule has 21 heavy (non-hydrogen) atoms. The van der Waals surface area contributed by atoms with Crippen molar-refractivity contribution >= 4 is 0 Å². The predicted molar refractivity (Wildman–Crippen MR) is 89.7 cm³/mol. The topological polar surface area (TPSA) is 15.7 Å². The van der Waals surface area contributed by atoms with Crippen molar-refractivity contribution < 1.29 is 4.74 Å². The molecule has 0 aromatic heterocycles. The second-order valence-electron chi connectivity index (χ2n) is 7.72. The van der Waals surface area contributed by atoms with Crippen LogP contribution >= 0.6 is 0 Å². The highest BCUT2D eigenvalue weighted by Crippen LogP contribution is 2.25. The maximum atomic E-state index is 5.42. The zero-order chi connectivity index (χ0) is 15.1. The molecule has 0 radical (unpaired) electrons. The first-order valence-corrected chi connectivity index (χ1v) is 9.16. The fraction of sp³-hybridized carbons (Fsp3) is 1.00. The summed E-state index contributed by atoms with van der Waals surface area (Å²) >= 11 is 0. The van der Waals surface area contributed by atoms with Crippen LogP contribution in [0.3, 0.4) is 0 Å². The molecule has 0 spiro atoms. The van der Waals surface area contributed by atoms with Crippen LogP contribution in [0.2, 0.25) is 0 Å². The van der Waals surface area contributed by atoms with Gasteiger partial charge in [0.2, 0.25) is 0 Å². The van der Waals surface area contributed by atoms with E-state index in [1.54, 1.807) is 0 Å². The molecule has 2 rings (SSSR count). The standard InChI is InChI=1S/C18H36N2O/c1-16(2)4-7-20-9-6-18(15-20)14-17(3)5-8-19-10-12-21-13-11-19/h16-18H,4-15H2,1-3H3. The Labute approximate surface area is 132 Å². The molecule has 0 aromatic rings. The molecular weight excluding hydrogens is 260 g/mol. The first-order valence-electron chi connectivity index (χ1n) is 9.16. The van der Waals surface area contributed by atoms with E-state index >= 15 is 0 Å². The minimum atomic E-state index is 0.844. The molecular formula is C18H36N2O. The highest BCUT2D eigenvalue weighted by Gasteiger charge is 2.24. The average molecular weight is 296 g/mol. The lowest BCUT2D eigenvalue weighted by molar-refractivity contribution is 0.0352. The Balaban J connectivity index is 1.56. The van der Waals surface area contributed by atoms with Crippen molar-refractivity contribution in [1.29, 1.82) is 0 Å². The van der Waals surface area contributed by atoms with Gasteiger partial charge in [-0.25, -0.2) is 0 Å². The molecule has 2 unspecified atom stereocenters. The Morgan fingerprint density at radius 3 is 2.38 bits per heavy atom. The summed E-state index contributed by atoms with van der Waals surface area (Å²) in [5, 5.41) is 0. The summed E-state index contributed by atoms with van der Waals surface area (Å²) in [6.45, 7) is 16.6. The van der Waals surface area contributed by atoms with E-state index in [1.165, 1.54) is 51.9 Å². The molecule has 0 amide bonds. The number of morpholine rings is 1. The Kier molecular flexibility index (Phi) is 7.48. The molecule has 3 heteroatoms. The number of hydrogen-bond acceptors (Lipinski definition) is 3. The summed E-state index contributed by atoms with van der Waals surface area (Å²) < 4.78 is 5.42. The second-order valence-corrected chi connectivity index (χ2v) is 7.72. The number of ether oxygens (including phenoxy) is 1. The summed E-state index contributed by atoms with van der Waals surface area (Å²) in [5.41, 5.74) is 0. The Morgan fingerprint density at radius 1 is 0.952 bits per heavy atom. The Hall–Kier alpha value is -0.120. The molecule has 0 N–H and O–H groups in total. The highest BCUT2D eigenvalue weighted by atomic mass is 16.5. The van der Waals surface area contributed by atoms with E-state index in [9.17, 15) is 0 Å².